The van der Waals surface area contributed by atoms with E-state index in [1.165, 1.54) is 24.0 Å². The van der Waals surface area contributed by atoms with Crippen LogP contribution in [-0.2, 0) is 11.2 Å². The largest absolute Gasteiger partial charge is 0.326 e. The highest BCUT2D eigenvalue weighted by Crippen LogP contribution is 2.32. The second kappa shape index (κ2) is 6.92. The van der Waals surface area contributed by atoms with Gasteiger partial charge < -0.3 is 10.6 Å². The number of hydrogen-bond acceptors (Lipinski definition) is 2. The van der Waals surface area contributed by atoms with Gasteiger partial charge in [0.2, 0.25) is 5.91 Å². The van der Waals surface area contributed by atoms with Crippen LogP contribution in [0.25, 0.3) is 0 Å². The molecule has 0 aliphatic heterocycles. The number of aryl methyl sites for hydroxylation is 1. The van der Waals surface area contributed by atoms with Gasteiger partial charge in [-0.2, -0.15) is 0 Å². The molecule has 0 heterocycles. The molecule has 106 valence electrons. The summed E-state index contributed by atoms with van der Waals surface area (Å²) in [4.78, 5) is 11.1. The van der Waals surface area contributed by atoms with Gasteiger partial charge in [-0.15, -0.1) is 12.4 Å². The molecular formula is C15H23ClN2O. The summed E-state index contributed by atoms with van der Waals surface area (Å²) >= 11 is 0. The van der Waals surface area contributed by atoms with E-state index in [1.807, 2.05) is 6.07 Å². The minimum atomic E-state index is -0.0147. The number of carbonyl (C=O) groups is 1. The Bertz CT molecular complexity index is 446. The lowest BCUT2D eigenvalue weighted by molar-refractivity contribution is -0.114. The second-order valence-corrected chi connectivity index (χ2v) is 5.36. The van der Waals surface area contributed by atoms with E-state index in [9.17, 15) is 4.79 Å². The van der Waals surface area contributed by atoms with Crippen molar-refractivity contribution in [1.29, 1.82) is 0 Å². The predicted octanol–water partition coefficient (Wildman–Crippen LogP) is 3.44. The molecule has 1 unspecified atom stereocenters. The van der Waals surface area contributed by atoms with Gasteiger partial charge >= 0.3 is 0 Å². The molecule has 0 saturated heterocycles. The van der Waals surface area contributed by atoms with Crippen molar-refractivity contribution in [3.63, 3.8) is 0 Å². The SMILES string of the molecule is CC(=O)Nc1ccc2c(c1)C(NC(C)C)CCC2.Cl. The lowest BCUT2D eigenvalue weighted by atomic mass is 9.87. The lowest BCUT2D eigenvalue weighted by Crippen LogP contribution is -2.30. The zero-order valence-electron chi connectivity index (χ0n) is 11.8. The van der Waals surface area contributed by atoms with E-state index in [0.29, 0.717) is 12.1 Å². The van der Waals surface area contributed by atoms with Crippen molar-refractivity contribution in [2.24, 2.45) is 0 Å². The molecule has 19 heavy (non-hydrogen) atoms. The Morgan fingerprint density at radius 3 is 2.74 bits per heavy atom. The van der Waals surface area contributed by atoms with Crippen molar-refractivity contribution >= 4 is 24.0 Å². The summed E-state index contributed by atoms with van der Waals surface area (Å²) in [6, 6.07) is 7.16. The fraction of sp³-hybridized carbons (Fsp3) is 0.533. The standard InChI is InChI=1S/C15H22N2O.ClH/c1-10(2)16-15-6-4-5-12-7-8-13(9-14(12)15)17-11(3)18;/h7-10,15-16H,4-6H2,1-3H3,(H,17,18);1H. The fourth-order valence-electron chi connectivity index (χ4n) is 2.66. The van der Waals surface area contributed by atoms with E-state index in [4.69, 9.17) is 0 Å². The Balaban J connectivity index is 0.00000180. The lowest BCUT2D eigenvalue weighted by Gasteiger charge is -2.28. The van der Waals surface area contributed by atoms with Crippen molar-refractivity contribution < 1.29 is 4.79 Å². The van der Waals surface area contributed by atoms with Crippen LogP contribution in [0, 0.1) is 0 Å². The number of hydrogen-bond donors (Lipinski definition) is 2. The molecule has 0 spiro atoms. The third kappa shape index (κ3) is 4.22. The number of halogens is 1. The van der Waals surface area contributed by atoms with E-state index >= 15 is 0 Å². The van der Waals surface area contributed by atoms with Crippen LogP contribution >= 0.6 is 12.4 Å². The number of fused-ring (bicyclic) bond motifs is 1. The Labute approximate surface area is 121 Å². The van der Waals surface area contributed by atoms with Crippen molar-refractivity contribution in [3.8, 4) is 0 Å². The van der Waals surface area contributed by atoms with Gasteiger partial charge in [0.1, 0.15) is 0 Å². The average Bonchev–Trinajstić information content (AvgIpc) is 2.28. The Morgan fingerprint density at radius 2 is 2.11 bits per heavy atom. The van der Waals surface area contributed by atoms with E-state index in [1.54, 1.807) is 6.92 Å². The van der Waals surface area contributed by atoms with Crippen LogP contribution in [-0.4, -0.2) is 11.9 Å². The van der Waals surface area contributed by atoms with Crippen LogP contribution in [0.4, 0.5) is 5.69 Å². The minimum Gasteiger partial charge on any atom is -0.326 e. The van der Waals surface area contributed by atoms with E-state index in [-0.39, 0.29) is 18.3 Å². The molecular weight excluding hydrogens is 260 g/mol. The van der Waals surface area contributed by atoms with Gasteiger partial charge in [-0.3, -0.25) is 4.79 Å². The molecule has 1 aromatic carbocycles. The number of carbonyl (C=O) groups excluding carboxylic acids is 1. The molecule has 3 nitrogen and oxygen atoms in total. The third-order valence-electron chi connectivity index (χ3n) is 3.32. The highest BCUT2D eigenvalue weighted by atomic mass is 35.5. The molecule has 0 fully saturated rings. The smallest absolute Gasteiger partial charge is 0.221 e. The summed E-state index contributed by atoms with van der Waals surface area (Å²) in [5.41, 5.74) is 3.66. The summed E-state index contributed by atoms with van der Waals surface area (Å²) in [6.45, 7) is 5.89. The summed E-state index contributed by atoms with van der Waals surface area (Å²) in [5.74, 6) is -0.0147. The average molecular weight is 283 g/mol. The monoisotopic (exact) mass is 282 g/mol. The van der Waals surface area contributed by atoms with Crippen molar-refractivity contribution in [2.45, 2.75) is 52.1 Å². The highest BCUT2D eigenvalue weighted by Gasteiger charge is 2.20. The molecule has 1 aromatic rings. The molecule has 0 aromatic heterocycles. The molecule has 2 rings (SSSR count). The summed E-state index contributed by atoms with van der Waals surface area (Å²) < 4.78 is 0. The van der Waals surface area contributed by atoms with Gasteiger partial charge in [-0.1, -0.05) is 19.9 Å². The first kappa shape index (κ1) is 16.0. The normalized spacial score (nSPS) is 17.6. The van der Waals surface area contributed by atoms with Gasteiger partial charge in [0.15, 0.2) is 0 Å². The highest BCUT2D eigenvalue weighted by molar-refractivity contribution is 5.88. The number of anilines is 1. The zero-order chi connectivity index (χ0) is 13.1. The van der Waals surface area contributed by atoms with Crippen molar-refractivity contribution in [1.82, 2.24) is 5.32 Å². The summed E-state index contributed by atoms with van der Waals surface area (Å²) in [7, 11) is 0. The van der Waals surface area contributed by atoms with Crippen molar-refractivity contribution in [3.05, 3.63) is 29.3 Å². The molecule has 0 bridgehead atoms. The molecule has 0 radical (unpaired) electrons. The fourth-order valence-corrected chi connectivity index (χ4v) is 2.66. The van der Waals surface area contributed by atoms with Crippen LogP contribution in [0.5, 0.6) is 0 Å². The quantitative estimate of drug-likeness (QED) is 0.892. The number of rotatable bonds is 3. The molecule has 0 saturated carbocycles. The van der Waals surface area contributed by atoms with E-state index in [2.05, 4.69) is 36.6 Å². The van der Waals surface area contributed by atoms with Crippen LogP contribution in [0.2, 0.25) is 0 Å². The molecule has 2 N–H and O–H groups in total. The number of benzene rings is 1. The first-order valence-electron chi connectivity index (χ1n) is 6.72. The number of amides is 1. The number of nitrogens with one attached hydrogen (secondary N) is 2. The van der Waals surface area contributed by atoms with Crippen LogP contribution < -0.4 is 10.6 Å². The van der Waals surface area contributed by atoms with Crippen LogP contribution in [0.3, 0.4) is 0 Å². The molecule has 1 amide bonds. The molecule has 1 aliphatic rings. The van der Waals surface area contributed by atoms with Gasteiger partial charge in [0.05, 0.1) is 0 Å². The summed E-state index contributed by atoms with van der Waals surface area (Å²) in [5, 5.41) is 6.47. The first-order valence-corrected chi connectivity index (χ1v) is 6.72. The first-order chi connectivity index (χ1) is 8.56. The molecule has 4 heteroatoms. The van der Waals surface area contributed by atoms with Crippen LogP contribution in [0.1, 0.15) is 50.8 Å². The molecule has 1 aliphatic carbocycles. The Kier molecular flexibility index (Phi) is 5.83. The zero-order valence-corrected chi connectivity index (χ0v) is 12.6. The topological polar surface area (TPSA) is 41.1 Å². The Hall–Kier alpha value is -1.06. The third-order valence-corrected chi connectivity index (χ3v) is 3.32. The van der Waals surface area contributed by atoms with E-state index in [0.717, 1.165) is 12.1 Å². The summed E-state index contributed by atoms with van der Waals surface area (Å²) in [6.07, 6.45) is 3.55. The van der Waals surface area contributed by atoms with Crippen molar-refractivity contribution in [2.75, 3.05) is 5.32 Å². The predicted molar refractivity (Wildman–Crippen MR) is 81.9 cm³/mol. The van der Waals surface area contributed by atoms with Gasteiger partial charge in [-0.25, -0.2) is 0 Å². The van der Waals surface area contributed by atoms with Gasteiger partial charge in [0.25, 0.3) is 0 Å². The maximum atomic E-state index is 11.1. The van der Waals surface area contributed by atoms with E-state index < -0.39 is 0 Å². The molecule has 1 atom stereocenters. The maximum absolute atomic E-state index is 11.1. The van der Waals surface area contributed by atoms with Crippen LogP contribution in [0.15, 0.2) is 18.2 Å². The Morgan fingerprint density at radius 1 is 1.37 bits per heavy atom. The van der Waals surface area contributed by atoms with Gasteiger partial charge in [0, 0.05) is 24.7 Å². The maximum Gasteiger partial charge on any atom is 0.221 e. The van der Waals surface area contributed by atoms with Gasteiger partial charge in [-0.05, 0) is 42.5 Å². The minimum absolute atomic E-state index is 0. The second-order valence-electron chi connectivity index (χ2n) is 5.36.